The maximum absolute atomic E-state index is 12.2. The van der Waals surface area contributed by atoms with Gasteiger partial charge in [0, 0.05) is 11.6 Å². The molecule has 0 aromatic heterocycles. The van der Waals surface area contributed by atoms with Gasteiger partial charge >= 0.3 is 0 Å². The first-order valence-electron chi connectivity index (χ1n) is 6.32. The highest BCUT2D eigenvalue weighted by atomic mass is 35.5. The summed E-state index contributed by atoms with van der Waals surface area (Å²) in [5.74, 6) is 5.16. The van der Waals surface area contributed by atoms with Gasteiger partial charge in [0.25, 0.3) is 0 Å². The Bertz CT molecular complexity index is 617. The van der Waals surface area contributed by atoms with Gasteiger partial charge in [-0.3, -0.25) is 0 Å². The smallest absolute Gasteiger partial charge is 0.242 e. The average molecular weight is 316 g/mol. The summed E-state index contributed by atoms with van der Waals surface area (Å²) in [6, 6.07) is 4.32. The van der Waals surface area contributed by atoms with Crippen LogP contribution < -0.4 is 4.72 Å². The summed E-state index contributed by atoms with van der Waals surface area (Å²) in [4.78, 5) is 0.0386. The average Bonchev–Trinajstić information content (AvgIpc) is 2.35. The fraction of sp³-hybridized carbons (Fsp3) is 0.429. The van der Waals surface area contributed by atoms with E-state index in [-0.39, 0.29) is 22.6 Å². The lowest BCUT2D eigenvalue weighted by Gasteiger charge is -2.14. The van der Waals surface area contributed by atoms with Crippen LogP contribution in [0.2, 0.25) is 5.02 Å². The number of benzene rings is 1. The number of hydrogen-bond donors (Lipinski definition) is 2. The van der Waals surface area contributed by atoms with Crippen molar-refractivity contribution >= 4 is 21.6 Å². The van der Waals surface area contributed by atoms with E-state index < -0.39 is 10.0 Å². The molecule has 0 saturated carbocycles. The van der Waals surface area contributed by atoms with E-state index in [2.05, 4.69) is 16.6 Å². The van der Waals surface area contributed by atoms with Crippen LogP contribution in [0.4, 0.5) is 0 Å². The molecule has 1 rings (SSSR count). The minimum atomic E-state index is -3.63. The Morgan fingerprint density at radius 3 is 2.70 bits per heavy atom. The molecule has 1 atom stereocenters. The summed E-state index contributed by atoms with van der Waals surface area (Å²) in [5, 5.41) is 8.73. The molecule has 0 radical (unpaired) electrons. The number of rotatable bonds is 5. The highest BCUT2D eigenvalue weighted by molar-refractivity contribution is 7.89. The van der Waals surface area contributed by atoms with Gasteiger partial charge in [0.1, 0.15) is 11.5 Å². The Hall–Kier alpha value is -1.06. The van der Waals surface area contributed by atoms with Crippen LogP contribution in [0.3, 0.4) is 0 Å². The Morgan fingerprint density at radius 2 is 2.15 bits per heavy atom. The summed E-state index contributed by atoms with van der Waals surface area (Å²) in [7, 11) is -3.63. The first-order valence-corrected chi connectivity index (χ1v) is 8.18. The number of nitrogens with one attached hydrogen (secondary N) is 1. The van der Waals surface area contributed by atoms with Crippen molar-refractivity contribution in [2.24, 2.45) is 0 Å². The molecule has 110 valence electrons. The predicted molar refractivity (Wildman–Crippen MR) is 80.1 cm³/mol. The SMILES string of the molecule is CCCC(C)NS(=O)(=O)c1ccc(C#CCO)cc1Cl. The molecule has 0 heterocycles. The molecule has 1 aromatic rings. The third kappa shape index (κ3) is 4.80. The third-order valence-electron chi connectivity index (χ3n) is 2.61. The molecule has 0 amide bonds. The van der Waals surface area contributed by atoms with Gasteiger partial charge in [-0.15, -0.1) is 0 Å². The van der Waals surface area contributed by atoms with E-state index >= 15 is 0 Å². The number of sulfonamides is 1. The molecule has 0 aliphatic rings. The zero-order chi connectivity index (χ0) is 15.2. The largest absolute Gasteiger partial charge is 0.384 e. The van der Waals surface area contributed by atoms with E-state index in [1.807, 2.05) is 13.8 Å². The van der Waals surface area contributed by atoms with E-state index in [0.29, 0.717) is 5.56 Å². The molecule has 0 spiro atoms. The van der Waals surface area contributed by atoms with Crippen molar-refractivity contribution in [2.75, 3.05) is 6.61 Å². The van der Waals surface area contributed by atoms with E-state index in [1.165, 1.54) is 12.1 Å². The predicted octanol–water partition coefficient (Wildman–Crippen LogP) is 2.15. The number of halogens is 1. The molecule has 2 N–H and O–H groups in total. The maximum Gasteiger partial charge on any atom is 0.242 e. The molecule has 0 fully saturated rings. The van der Waals surface area contributed by atoms with E-state index in [4.69, 9.17) is 16.7 Å². The summed E-state index contributed by atoms with van der Waals surface area (Å²) in [6.07, 6.45) is 1.66. The normalized spacial score (nSPS) is 12.6. The maximum atomic E-state index is 12.2. The van der Waals surface area contributed by atoms with Crippen LogP contribution in [0.1, 0.15) is 32.3 Å². The summed E-state index contributed by atoms with van der Waals surface area (Å²) >= 11 is 6.00. The lowest BCUT2D eigenvalue weighted by molar-refractivity contribution is 0.350. The van der Waals surface area contributed by atoms with Crippen LogP contribution in [0, 0.1) is 11.8 Å². The lowest BCUT2D eigenvalue weighted by atomic mass is 10.2. The van der Waals surface area contributed by atoms with Gasteiger partial charge in [0.2, 0.25) is 10.0 Å². The van der Waals surface area contributed by atoms with Crippen molar-refractivity contribution < 1.29 is 13.5 Å². The molecule has 20 heavy (non-hydrogen) atoms. The van der Waals surface area contributed by atoms with Crippen molar-refractivity contribution in [3.05, 3.63) is 28.8 Å². The zero-order valence-electron chi connectivity index (χ0n) is 11.5. The summed E-state index contributed by atoms with van der Waals surface area (Å²) in [5.41, 5.74) is 0.560. The quantitative estimate of drug-likeness (QED) is 0.818. The van der Waals surface area contributed by atoms with Gasteiger partial charge in [-0.25, -0.2) is 13.1 Å². The highest BCUT2D eigenvalue weighted by Crippen LogP contribution is 2.22. The van der Waals surface area contributed by atoms with Gasteiger partial charge in [0.05, 0.1) is 5.02 Å². The molecule has 0 saturated heterocycles. The second kappa shape index (κ2) is 7.65. The minimum absolute atomic E-state index is 0.0386. The Labute approximate surface area is 125 Å². The first-order chi connectivity index (χ1) is 9.40. The topological polar surface area (TPSA) is 66.4 Å². The summed E-state index contributed by atoms with van der Waals surface area (Å²) < 4.78 is 27.0. The Kier molecular flexibility index (Phi) is 6.50. The molecule has 4 nitrogen and oxygen atoms in total. The van der Waals surface area contributed by atoms with Gasteiger partial charge in [-0.05, 0) is 31.5 Å². The fourth-order valence-corrected chi connectivity index (χ4v) is 3.58. The van der Waals surface area contributed by atoms with Crippen molar-refractivity contribution in [3.63, 3.8) is 0 Å². The highest BCUT2D eigenvalue weighted by Gasteiger charge is 2.20. The Morgan fingerprint density at radius 1 is 1.45 bits per heavy atom. The van der Waals surface area contributed by atoms with Gasteiger partial charge < -0.3 is 5.11 Å². The molecule has 0 aliphatic carbocycles. The van der Waals surface area contributed by atoms with Gasteiger partial charge in [-0.1, -0.05) is 36.8 Å². The monoisotopic (exact) mass is 315 g/mol. The molecular weight excluding hydrogens is 298 g/mol. The van der Waals surface area contributed by atoms with Crippen LogP contribution in [0.5, 0.6) is 0 Å². The first kappa shape index (κ1) is 17.0. The van der Waals surface area contributed by atoms with Crippen molar-refractivity contribution in [1.29, 1.82) is 0 Å². The van der Waals surface area contributed by atoms with E-state index in [9.17, 15) is 8.42 Å². The van der Waals surface area contributed by atoms with Gasteiger partial charge in [-0.2, -0.15) is 0 Å². The second-order valence-electron chi connectivity index (χ2n) is 4.42. The molecule has 1 unspecified atom stereocenters. The van der Waals surface area contributed by atoms with Crippen molar-refractivity contribution in [2.45, 2.75) is 37.6 Å². The van der Waals surface area contributed by atoms with Crippen molar-refractivity contribution in [1.82, 2.24) is 4.72 Å². The molecular formula is C14H18ClNO3S. The van der Waals surface area contributed by atoms with E-state index in [1.54, 1.807) is 6.07 Å². The van der Waals surface area contributed by atoms with Crippen LogP contribution in [-0.4, -0.2) is 26.2 Å². The fourth-order valence-electron chi connectivity index (χ4n) is 1.76. The van der Waals surface area contributed by atoms with Crippen LogP contribution in [-0.2, 0) is 10.0 Å². The molecule has 0 bridgehead atoms. The van der Waals surface area contributed by atoms with Gasteiger partial charge in [0.15, 0.2) is 0 Å². The minimum Gasteiger partial charge on any atom is -0.384 e. The standard InChI is InChI=1S/C14H18ClNO3S/c1-3-5-11(2)16-20(18,19)14-8-7-12(6-4-9-17)10-13(14)15/h7-8,10-11,16-17H,3,5,9H2,1-2H3. The zero-order valence-corrected chi connectivity index (χ0v) is 13.1. The second-order valence-corrected chi connectivity index (χ2v) is 6.51. The van der Waals surface area contributed by atoms with Crippen LogP contribution >= 0.6 is 11.6 Å². The van der Waals surface area contributed by atoms with Crippen LogP contribution in [0.25, 0.3) is 0 Å². The van der Waals surface area contributed by atoms with Crippen LogP contribution in [0.15, 0.2) is 23.1 Å². The van der Waals surface area contributed by atoms with Crippen molar-refractivity contribution in [3.8, 4) is 11.8 Å². The summed E-state index contributed by atoms with van der Waals surface area (Å²) in [6.45, 7) is 3.55. The number of hydrogen-bond acceptors (Lipinski definition) is 3. The third-order valence-corrected chi connectivity index (χ3v) is 4.68. The lowest BCUT2D eigenvalue weighted by Crippen LogP contribution is -2.32. The molecule has 6 heteroatoms. The van der Waals surface area contributed by atoms with E-state index in [0.717, 1.165) is 12.8 Å². The Balaban J connectivity index is 3.01. The number of aliphatic hydroxyl groups excluding tert-OH is 1. The number of aliphatic hydroxyl groups is 1. The molecule has 0 aliphatic heterocycles. The molecule has 1 aromatic carbocycles.